The molecular weight excluding hydrogens is 296 g/mol. The predicted octanol–water partition coefficient (Wildman–Crippen LogP) is 2.06. The lowest BCUT2D eigenvalue weighted by atomic mass is 10.2. The van der Waals surface area contributed by atoms with E-state index in [0.29, 0.717) is 0 Å². The third kappa shape index (κ3) is 4.16. The van der Waals surface area contributed by atoms with Crippen molar-refractivity contribution in [2.75, 3.05) is 12.4 Å². The number of hydrogen-bond acceptors (Lipinski definition) is 6. The van der Waals surface area contributed by atoms with Crippen LogP contribution in [-0.2, 0) is 9.84 Å². The molecule has 1 aromatic carbocycles. The molecule has 0 aliphatic heterocycles. The van der Waals surface area contributed by atoms with Crippen molar-refractivity contribution < 1.29 is 18.1 Å². The van der Waals surface area contributed by atoms with Gasteiger partial charge in [0.25, 0.3) is 0 Å². The van der Waals surface area contributed by atoms with Gasteiger partial charge in [-0.25, -0.2) is 8.42 Å². The molecule has 0 spiro atoms. The highest BCUT2D eigenvalue weighted by Gasteiger charge is 2.29. The Kier molecular flexibility index (Phi) is 4.91. The SMILES string of the molecule is CC(C)(C)S(=O)(=O)CCOc1ccc(C#N)cc1[N+](=O)[O-]. The van der Waals surface area contributed by atoms with Crippen LogP contribution in [0.2, 0.25) is 0 Å². The molecule has 0 fully saturated rings. The van der Waals surface area contributed by atoms with Crippen LogP contribution >= 0.6 is 0 Å². The zero-order valence-corrected chi connectivity index (χ0v) is 12.8. The van der Waals surface area contributed by atoms with E-state index in [-0.39, 0.29) is 29.4 Å². The molecule has 114 valence electrons. The van der Waals surface area contributed by atoms with Crippen molar-refractivity contribution in [1.29, 1.82) is 5.26 Å². The molecule has 0 aliphatic rings. The quantitative estimate of drug-likeness (QED) is 0.608. The molecule has 7 nitrogen and oxygen atoms in total. The lowest BCUT2D eigenvalue weighted by Gasteiger charge is -2.19. The van der Waals surface area contributed by atoms with Gasteiger partial charge < -0.3 is 4.74 Å². The Morgan fingerprint density at radius 2 is 2.00 bits per heavy atom. The maximum Gasteiger partial charge on any atom is 0.312 e. The highest BCUT2D eigenvalue weighted by molar-refractivity contribution is 7.92. The Bertz CT molecular complexity index is 683. The summed E-state index contributed by atoms with van der Waals surface area (Å²) in [7, 11) is -3.36. The van der Waals surface area contributed by atoms with Gasteiger partial charge in [-0.1, -0.05) is 0 Å². The van der Waals surface area contributed by atoms with Crippen LogP contribution in [0.3, 0.4) is 0 Å². The van der Waals surface area contributed by atoms with E-state index in [0.717, 1.165) is 6.07 Å². The number of nitro benzene ring substituents is 1. The van der Waals surface area contributed by atoms with E-state index >= 15 is 0 Å². The first-order chi connectivity index (χ1) is 9.58. The molecule has 1 rings (SSSR count). The molecule has 0 atom stereocenters. The van der Waals surface area contributed by atoms with E-state index < -0.39 is 19.5 Å². The van der Waals surface area contributed by atoms with Crippen molar-refractivity contribution in [2.24, 2.45) is 0 Å². The zero-order chi connectivity index (χ0) is 16.3. The minimum atomic E-state index is -3.36. The van der Waals surface area contributed by atoms with Crippen molar-refractivity contribution in [3.8, 4) is 11.8 Å². The minimum Gasteiger partial charge on any atom is -0.486 e. The van der Waals surface area contributed by atoms with Gasteiger partial charge in [-0.15, -0.1) is 0 Å². The van der Waals surface area contributed by atoms with Gasteiger partial charge in [0.2, 0.25) is 0 Å². The summed E-state index contributed by atoms with van der Waals surface area (Å²) in [5.74, 6) is -0.295. The fourth-order valence-electron chi connectivity index (χ4n) is 1.42. The summed E-state index contributed by atoms with van der Waals surface area (Å²) < 4.78 is 28.1. The van der Waals surface area contributed by atoms with Crippen LogP contribution in [0.4, 0.5) is 5.69 Å². The Hall–Kier alpha value is -2.14. The third-order valence-corrected chi connectivity index (χ3v) is 5.40. The molecular formula is C13H16N2O5S. The fraction of sp³-hybridized carbons (Fsp3) is 0.462. The van der Waals surface area contributed by atoms with Crippen LogP contribution in [0.1, 0.15) is 26.3 Å². The van der Waals surface area contributed by atoms with Crippen LogP contribution in [-0.4, -0.2) is 30.4 Å². The monoisotopic (exact) mass is 312 g/mol. The molecule has 0 bridgehead atoms. The van der Waals surface area contributed by atoms with E-state index in [9.17, 15) is 18.5 Å². The fourth-order valence-corrected chi connectivity index (χ4v) is 2.33. The average Bonchev–Trinajstić information content (AvgIpc) is 2.37. The first-order valence-corrected chi connectivity index (χ1v) is 7.77. The molecule has 0 saturated heterocycles. The molecule has 0 aromatic heterocycles. The Morgan fingerprint density at radius 1 is 1.38 bits per heavy atom. The summed E-state index contributed by atoms with van der Waals surface area (Å²) >= 11 is 0. The largest absolute Gasteiger partial charge is 0.486 e. The maximum absolute atomic E-state index is 11.9. The van der Waals surface area contributed by atoms with E-state index in [4.69, 9.17) is 10.00 Å². The standard InChI is InChI=1S/C13H16N2O5S/c1-13(2,3)21(18,19)7-6-20-12-5-4-10(9-14)8-11(12)15(16)17/h4-5,8H,6-7H2,1-3H3. The molecule has 1 aromatic rings. The zero-order valence-electron chi connectivity index (χ0n) is 12.0. The number of sulfone groups is 1. The smallest absolute Gasteiger partial charge is 0.312 e. The van der Waals surface area contributed by atoms with Crippen molar-refractivity contribution in [3.05, 3.63) is 33.9 Å². The summed E-state index contributed by atoms with van der Waals surface area (Å²) in [6.07, 6.45) is 0. The molecule has 0 amide bonds. The van der Waals surface area contributed by atoms with Gasteiger partial charge in [-0.2, -0.15) is 5.26 Å². The third-order valence-electron chi connectivity index (χ3n) is 2.83. The Morgan fingerprint density at radius 3 is 2.48 bits per heavy atom. The lowest BCUT2D eigenvalue weighted by molar-refractivity contribution is -0.385. The van der Waals surface area contributed by atoms with Gasteiger partial charge in [0.05, 0.1) is 27.1 Å². The Balaban J connectivity index is 2.87. The number of benzene rings is 1. The molecule has 0 N–H and O–H groups in total. The average molecular weight is 312 g/mol. The van der Waals surface area contributed by atoms with Crippen molar-refractivity contribution in [1.82, 2.24) is 0 Å². The van der Waals surface area contributed by atoms with Crippen molar-refractivity contribution in [2.45, 2.75) is 25.5 Å². The summed E-state index contributed by atoms with van der Waals surface area (Å²) in [6.45, 7) is 4.54. The molecule has 21 heavy (non-hydrogen) atoms. The van der Waals surface area contributed by atoms with Crippen LogP contribution in [0.5, 0.6) is 5.75 Å². The summed E-state index contributed by atoms with van der Waals surface area (Å²) in [5.41, 5.74) is -0.224. The lowest BCUT2D eigenvalue weighted by Crippen LogP contribution is -2.32. The van der Waals surface area contributed by atoms with E-state index in [1.165, 1.54) is 12.1 Å². The van der Waals surface area contributed by atoms with Gasteiger partial charge in [-0.3, -0.25) is 10.1 Å². The number of nitrogens with zero attached hydrogens (tertiary/aromatic N) is 2. The van der Waals surface area contributed by atoms with Gasteiger partial charge in [0, 0.05) is 6.07 Å². The first kappa shape index (κ1) is 16.9. The second kappa shape index (κ2) is 6.10. The van der Waals surface area contributed by atoms with E-state index in [1.807, 2.05) is 0 Å². The van der Waals surface area contributed by atoms with Crippen LogP contribution in [0, 0.1) is 21.4 Å². The van der Waals surface area contributed by atoms with Crippen LogP contribution < -0.4 is 4.74 Å². The van der Waals surface area contributed by atoms with Gasteiger partial charge >= 0.3 is 5.69 Å². The summed E-state index contributed by atoms with van der Waals surface area (Å²) in [4.78, 5) is 10.2. The Labute approximate surface area is 123 Å². The molecule has 0 heterocycles. The topological polar surface area (TPSA) is 110 Å². The highest BCUT2D eigenvalue weighted by Crippen LogP contribution is 2.28. The molecule has 8 heteroatoms. The van der Waals surface area contributed by atoms with Crippen LogP contribution in [0.15, 0.2) is 18.2 Å². The van der Waals surface area contributed by atoms with Crippen molar-refractivity contribution in [3.63, 3.8) is 0 Å². The first-order valence-electron chi connectivity index (χ1n) is 6.12. The number of nitro groups is 1. The van der Waals surface area contributed by atoms with Crippen LogP contribution in [0.25, 0.3) is 0 Å². The highest BCUT2D eigenvalue weighted by atomic mass is 32.2. The minimum absolute atomic E-state index is 0.0527. The number of hydrogen-bond donors (Lipinski definition) is 0. The van der Waals surface area contributed by atoms with Gasteiger partial charge in [0.1, 0.15) is 6.61 Å². The normalized spacial score (nSPS) is 11.7. The molecule has 0 radical (unpaired) electrons. The summed E-state index contributed by atoms with van der Waals surface area (Å²) in [5, 5.41) is 19.6. The van der Waals surface area contributed by atoms with Crippen molar-refractivity contribution >= 4 is 15.5 Å². The second-order valence-corrected chi connectivity index (χ2v) is 8.19. The van der Waals surface area contributed by atoms with E-state index in [2.05, 4.69) is 0 Å². The molecule has 0 unspecified atom stereocenters. The van der Waals surface area contributed by atoms with Gasteiger partial charge in [0.15, 0.2) is 15.6 Å². The molecule has 0 aliphatic carbocycles. The van der Waals surface area contributed by atoms with Gasteiger partial charge in [-0.05, 0) is 32.9 Å². The second-order valence-electron chi connectivity index (χ2n) is 5.33. The summed E-state index contributed by atoms with van der Waals surface area (Å²) in [6, 6.07) is 5.55. The molecule has 0 saturated carbocycles. The predicted molar refractivity (Wildman–Crippen MR) is 76.8 cm³/mol. The maximum atomic E-state index is 11.9. The number of rotatable bonds is 5. The van der Waals surface area contributed by atoms with E-state index in [1.54, 1.807) is 26.8 Å². The number of ether oxygens (including phenoxy) is 1. The number of nitriles is 1.